The number of ether oxygens (including phenoxy) is 1. The van der Waals surface area contributed by atoms with Crippen LogP contribution in [0.2, 0.25) is 0 Å². The summed E-state index contributed by atoms with van der Waals surface area (Å²) >= 11 is 0. The summed E-state index contributed by atoms with van der Waals surface area (Å²) < 4.78 is 5.23. The summed E-state index contributed by atoms with van der Waals surface area (Å²) in [5, 5.41) is 2.78. The van der Waals surface area contributed by atoms with Crippen molar-refractivity contribution >= 4 is 12.0 Å². The average Bonchev–Trinajstić information content (AvgIpc) is 2.28. The van der Waals surface area contributed by atoms with E-state index in [0.29, 0.717) is 6.54 Å². The van der Waals surface area contributed by atoms with Gasteiger partial charge in [-0.3, -0.25) is 9.69 Å². The van der Waals surface area contributed by atoms with Crippen LogP contribution in [0.25, 0.3) is 0 Å². The highest BCUT2D eigenvalue weighted by Crippen LogP contribution is 2.13. The van der Waals surface area contributed by atoms with Crippen LogP contribution in [0.5, 0.6) is 0 Å². The first-order valence-corrected chi connectivity index (χ1v) is 6.62. The largest absolute Gasteiger partial charge is 0.444 e. The van der Waals surface area contributed by atoms with E-state index in [1.807, 2.05) is 20.8 Å². The van der Waals surface area contributed by atoms with Gasteiger partial charge in [-0.25, -0.2) is 4.79 Å². The molecule has 0 aromatic heterocycles. The van der Waals surface area contributed by atoms with Gasteiger partial charge in [0.25, 0.3) is 0 Å². The molecule has 0 saturated carbocycles. The standard InChI is InChI=1S/C12H20N2O3.C2H6/c1-8(2)9-6-14(7-10(15)13-9)11(16)17-12(3,4)5;1-2/h9H,1,6-7H2,2-5H3,(H,13,15);1-2H3. The maximum atomic E-state index is 11.8. The highest BCUT2D eigenvalue weighted by Gasteiger charge is 2.31. The lowest BCUT2D eigenvalue weighted by Crippen LogP contribution is -2.56. The third-order valence-corrected chi connectivity index (χ3v) is 2.32. The van der Waals surface area contributed by atoms with Crippen molar-refractivity contribution in [1.82, 2.24) is 10.2 Å². The Labute approximate surface area is 116 Å². The Kier molecular flexibility index (Phi) is 6.59. The van der Waals surface area contributed by atoms with E-state index >= 15 is 0 Å². The van der Waals surface area contributed by atoms with Gasteiger partial charge in [0.05, 0.1) is 6.04 Å². The van der Waals surface area contributed by atoms with Gasteiger partial charge in [0.2, 0.25) is 5.91 Å². The number of piperazine rings is 1. The molecule has 5 heteroatoms. The van der Waals surface area contributed by atoms with Gasteiger partial charge in [-0.05, 0) is 27.7 Å². The summed E-state index contributed by atoms with van der Waals surface area (Å²) in [7, 11) is 0. The monoisotopic (exact) mass is 270 g/mol. The van der Waals surface area contributed by atoms with Gasteiger partial charge in [0.1, 0.15) is 12.1 Å². The lowest BCUT2D eigenvalue weighted by molar-refractivity contribution is -0.125. The Morgan fingerprint density at radius 3 is 2.37 bits per heavy atom. The molecule has 1 N–H and O–H groups in total. The molecule has 1 heterocycles. The smallest absolute Gasteiger partial charge is 0.410 e. The molecule has 2 amide bonds. The first-order valence-electron chi connectivity index (χ1n) is 6.62. The number of hydrogen-bond acceptors (Lipinski definition) is 3. The zero-order chi connectivity index (χ0) is 15.2. The molecule has 1 aliphatic rings. The Bertz CT molecular complexity index is 345. The van der Waals surface area contributed by atoms with Crippen molar-refractivity contribution in [3.63, 3.8) is 0 Å². The number of rotatable bonds is 1. The van der Waals surface area contributed by atoms with Crippen molar-refractivity contribution in [2.75, 3.05) is 13.1 Å². The minimum Gasteiger partial charge on any atom is -0.444 e. The fourth-order valence-electron chi connectivity index (χ4n) is 1.49. The molecular weight excluding hydrogens is 244 g/mol. The number of carbonyl (C=O) groups is 2. The van der Waals surface area contributed by atoms with Crippen LogP contribution in [-0.2, 0) is 9.53 Å². The third-order valence-electron chi connectivity index (χ3n) is 2.32. The van der Waals surface area contributed by atoms with Crippen LogP contribution >= 0.6 is 0 Å². The average molecular weight is 270 g/mol. The van der Waals surface area contributed by atoms with Crippen LogP contribution in [-0.4, -0.2) is 41.6 Å². The molecule has 1 fully saturated rings. The summed E-state index contributed by atoms with van der Waals surface area (Å²) in [5.41, 5.74) is 0.274. The van der Waals surface area contributed by atoms with Crippen molar-refractivity contribution in [1.29, 1.82) is 0 Å². The zero-order valence-corrected chi connectivity index (χ0v) is 12.9. The van der Waals surface area contributed by atoms with Crippen molar-refractivity contribution in [2.24, 2.45) is 0 Å². The van der Waals surface area contributed by atoms with Gasteiger partial charge >= 0.3 is 6.09 Å². The van der Waals surface area contributed by atoms with E-state index < -0.39 is 11.7 Å². The normalized spacial score (nSPS) is 18.9. The predicted octanol–water partition coefficient (Wildman–Crippen LogP) is 2.32. The molecule has 5 nitrogen and oxygen atoms in total. The Balaban J connectivity index is 0.00000154. The Morgan fingerprint density at radius 2 is 1.95 bits per heavy atom. The second-order valence-corrected chi connectivity index (χ2v) is 5.33. The van der Waals surface area contributed by atoms with Crippen molar-refractivity contribution in [3.8, 4) is 0 Å². The predicted molar refractivity (Wildman–Crippen MR) is 75.9 cm³/mol. The summed E-state index contributed by atoms with van der Waals surface area (Å²) in [6.45, 7) is 15.5. The first kappa shape index (κ1) is 17.5. The van der Waals surface area contributed by atoms with Gasteiger partial charge < -0.3 is 10.1 Å². The topological polar surface area (TPSA) is 58.6 Å². The van der Waals surface area contributed by atoms with E-state index in [-0.39, 0.29) is 18.5 Å². The molecular formula is C14H26N2O3. The quantitative estimate of drug-likeness (QED) is 0.744. The molecule has 0 aromatic rings. The Hall–Kier alpha value is -1.52. The number of hydrogen-bond donors (Lipinski definition) is 1. The summed E-state index contributed by atoms with van der Waals surface area (Å²) in [5.74, 6) is -0.185. The number of nitrogens with zero attached hydrogens (tertiary/aromatic N) is 1. The van der Waals surface area contributed by atoms with E-state index in [2.05, 4.69) is 11.9 Å². The fourth-order valence-corrected chi connectivity index (χ4v) is 1.49. The molecule has 0 radical (unpaired) electrons. The van der Waals surface area contributed by atoms with Crippen LogP contribution in [0.15, 0.2) is 12.2 Å². The summed E-state index contributed by atoms with van der Waals surface area (Å²) in [6.07, 6.45) is -0.460. The van der Waals surface area contributed by atoms with Gasteiger partial charge in [0.15, 0.2) is 0 Å². The van der Waals surface area contributed by atoms with E-state index in [9.17, 15) is 9.59 Å². The molecule has 0 spiro atoms. The number of carbonyl (C=O) groups excluding carboxylic acids is 2. The summed E-state index contributed by atoms with van der Waals surface area (Å²) in [6, 6.07) is -0.191. The lowest BCUT2D eigenvalue weighted by atomic mass is 10.1. The molecule has 1 unspecified atom stereocenters. The van der Waals surface area contributed by atoms with Crippen LogP contribution < -0.4 is 5.32 Å². The van der Waals surface area contributed by atoms with Gasteiger partial charge in [0, 0.05) is 6.54 Å². The van der Waals surface area contributed by atoms with Crippen molar-refractivity contribution in [2.45, 2.75) is 53.2 Å². The highest BCUT2D eigenvalue weighted by atomic mass is 16.6. The zero-order valence-electron chi connectivity index (χ0n) is 12.9. The molecule has 0 bridgehead atoms. The van der Waals surface area contributed by atoms with Gasteiger partial charge in [-0.1, -0.05) is 26.0 Å². The second-order valence-electron chi connectivity index (χ2n) is 5.33. The maximum absolute atomic E-state index is 11.8. The highest BCUT2D eigenvalue weighted by molar-refractivity contribution is 5.84. The molecule has 0 aromatic carbocycles. The minimum atomic E-state index is -0.552. The lowest BCUT2D eigenvalue weighted by Gasteiger charge is -2.34. The fraction of sp³-hybridized carbons (Fsp3) is 0.714. The van der Waals surface area contributed by atoms with E-state index in [1.165, 1.54) is 4.90 Å². The summed E-state index contributed by atoms with van der Waals surface area (Å²) in [4.78, 5) is 24.7. The van der Waals surface area contributed by atoms with Crippen molar-refractivity contribution < 1.29 is 14.3 Å². The number of nitrogens with one attached hydrogen (secondary N) is 1. The van der Waals surface area contributed by atoms with Crippen LogP contribution in [0.4, 0.5) is 4.79 Å². The third kappa shape index (κ3) is 6.27. The molecule has 1 atom stereocenters. The molecule has 110 valence electrons. The molecule has 1 aliphatic heterocycles. The maximum Gasteiger partial charge on any atom is 0.410 e. The number of amides is 2. The van der Waals surface area contributed by atoms with Crippen molar-refractivity contribution in [3.05, 3.63) is 12.2 Å². The van der Waals surface area contributed by atoms with Gasteiger partial charge in [-0.2, -0.15) is 0 Å². The molecule has 1 saturated heterocycles. The first-order chi connectivity index (χ1) is 8.69. The SMILES string of the molecule is C=C(C)C1CN(C(=O)OC(C)(C)C)CC(=O)N1.CC. The van der Waals surface area contributed by atoms with E-state index in [1.54, 1.807) is 20.8 Å². The second kappa shape index (κ2) is 7.16. The van der Waals surface area contributed by atoms with E-state index in [4.69, 9.17) is 4.74 Å². The van der Waals surface area contributed by atoms with Crippen LogP contribution in [0.1, 0.15) is 41.5 Å². The van der Waals surface area contributed by atoms with Crippen LogP contribution in [0, 0.1) is 0 Å². The molecule has 1 rings (SSSR count). The van der Waals surface area contributed by atoms with E-state index in [0.717, 1.165) is 5.57 Å². The van der Waals surface area contributed by atoms with Gasteiger partial charge in [-0.15, -0.1) is 0 Å². The van der Waals surface area contributed by atoms with Crippen LogP contribution in [0.3, 0.4) is 0 Å². The molecule has 19 heavy (non-hydrogen) atoms. The molecule has 0 aliphatic carbocycles. The minimum absolute atomic E-state index is 0.0404. The Morgan fingerprint density at radius 1 is 1.42 bits per heavy atom.